The number of carbonyl (C=O) groups is 1. The molecule has 174 valence electrons. The molecule has 0 N–H and O–H groups in total. The Morgan fingerprint density at radius 2 is 1.97 bits per heavy atom. The number of benzene rings is 1. The van der Waals surface area contributed by atoms with Gasteiger partial charge in [-0.05, 0) is 57.6 Å². The first-order chi connectivity index (χ1) is 14.5. The summed E-state index contributed by atoms with van der Waals surface area (Å²) in [7, 11) is 0. The maximum atomic E-state index is 13.6. The van der Waals surface area contributed by atoms with E-state index in [-0.39, 0.29) is 30.2 Å². The molecule has 0 radical (unpaired) electrons. The van der Waals surface area contributed by atoms with Crippen LogP contribution < -0.4 is 0 Å². The number of piperidine rings is 1. The van der Waals surface area contributed by atoms with Crippen LogP contribution in [-0.4, -0.2) is 60.4 Å². The first-order valence-electron chi connectivity index (χ1n) is 11.0. The van der Waals surface area contributed by atoms with Crippen molar-refractivity contribution in [1.82, 2.24) is 9.80 Å². The molecule has 2 saturated heterocycles. The number of halogens is 3. The summed E-state index contributed by atoms with van der Waals surface area (Å²) in [5.74, 6) is 0.287. The predicted molar refractivity (Wildman–Crippen MR) is 112 cm³/mol. The van der Waals surface area contributed by atoms with Gasteiger partial charge in [-0.15, -0.1) is 0 Å². The summed E-state index contributed by atoms with van der Waals surface area (Å²) in [4.78, 5) is 16.4. The van der Waals surface area contributed by atoms with E-state index in [1.54, 1.807) is 17.0 Å². The third-order valence-electron chi connectivity index (χ3n) is 5.78. The second kappa shape index (κ2) is 9.77. The van der Waals surface area contributed by atoms with Crippen LogP contribution in [0.5, 0.6) is 0 Å². The van der Waals surface area contributed by atoms with Crippen LogP contribution in [0.3, 0.4) is 0 Å². The van der Waals surface area contributed by atoms with E-state index in [0.29, 0.717) is 32.8 Å². The van der Waals surface area contributed by atoms with E-state index in [4.69, 9.17) is 9.47 Å². The van der Waals surface area contributed by atoms with E-state index in [1.807, 2.05) is 20.8 Å². The number of alkyl halides is 3. The average Bonchev–Trinajstić information content (AvgIpc) is 3.19. The summed E-state index contributed by atoms with van der Waals surface area (Å²) >= 11 is 0. The number of likely N-dealkylation sites (tertiary alicyclic amines) is 1. The van der Waals surface area contributed by atoms with Crippen molar-refractivity contribution in [3.05, 3.63) is 35.4 Å². The molecule has 0 aromatic heterocycles. The van der Waals surface area contributed by atoms with Crippen molar-refractivity contribution in [1.29, 1.82) is 0 Å². The number of hydrogen-bond donors (Lipinski definition) is 0. The monoisotopic (exact) mass is 442 g/mol. The zero-order chi connectivity index (χ0) is 22.6. The Morgan fingerprint density at radius 1 is 1.23 bits per heavy atom. The maximum absolute atomic E-state index is 13.6. The van der Waals surface area contributed by atoms with Gasteiger partial charge in [-0.3, -0.25) is 4.90 Å². The number of nitrogens with zero attached hydrogens (tertiary/aromatic N) is 2. The van der Waals surface area contributed by atoms with E-state index in [0.717, 1.165) is 25.3 Å². The Hall–Kier alpha value is -1.80. The van der Waals surface area contributed by atoms with Gasteiger partial charge in [-0.2, -0.15) is 13.2 Å². The van der Waals surface area contributed by atoms with Gasteiger partial charge in [0.2, 0.25) is 0 Å². The van der Waals surface area contributed by atoms with Crippen LogP contribution in [-0.2, 0) is 22.2 Å². The molecule has 1 unspecified atom stereocenters. The highest BCUT2D eigenvalue weighted by atomic mass is 19.4. The SMILES string of the molecule is CC(C)(C)OC(=O)N1CCC[C@H](N(Cc2ccccc2C(F)(F)F)CC2CCOC2)C1. The summed E-state index contributed by atoms with van der Waals surface area (Å²) in [6, 6.07) is 5.74. The summed E-state index contributed by atoms with van der Waals surface area (Å²) in [6.07, 6.45) is -2.23. The van der Waals surface area contributed by atoms with Crippen LogP contribution in [0, 0.1) is 5.92 Å². The van der Waals surface area contributed by atoms with Crippen LogP contribution in [0.25, 0.3) is 0 Å². The highest BCUT2D eigenvalue weighted by molar-refractivity contribution is 5.68. The van der Waals surface area contributed by atoms with E-state index < -0.39 is 17.3 Å². The van der Waals surface area contributed by atoms with Gasteiger partial charge in [-0.1, -0.05) is 18.2 Å². The Bertz CT molecular complexity index is 742. The van der Waals surface area contributed by atoms with E-state index in [1.165, 1.54) is 6.07 Å². The second-order valence-corrected chi connectivity index (χ2v) is 9.54. The topological polar surface area (TPSA) is 42.0 Å². The van der Waals surface area contributed by atoms with Gasteiger partial charge in [0.05, 0.1) is 12.2 Å². The first-order valence-corrected chi connectivity index (χ1v) is 11.0. The molecule has 2 atom stereocenters. The number of hydrogen-bond acceptors (Lipinski definition) is 4. The molecule has 1 aromatic rings. The number of carbonyl (C=O) groups excluding carboxylic acids is 1. The lowest BCUT2D eigenvalue weighted by atomic mass is 9.99. The number of amides is 1. The van der Waals surface area contributed by atoms with E-state index in [2.05, 4.69) is 4.90 Å². The Kier molecular flexibility index (Phi) is 7.52. The van der Waals surface area contributed by atoms with Crippen molar-refractivity contribution in [2.75, 3.05) is 32.8 Å². The van der Waals surface area contributed by atoms with Crippen LogP contribution in [0.1, 0.15) is 51.2 Å². The van der Waals surface area contributed by atoms with Crippen molar-refractivity contribution in [3.63, 3.8) is 0 Å². The molecular weight excluding hydrogens is 409 g/mol. The van der Waals surface area contributed by atoms with Crippen LogP contribution in [0.4, 0.5) is 18.0 Å². The molecule has 0 bridgehead atoms. The zero-order valence-corrected chi connectivity index (χ0v) is 18.6. The highest BCUT2D eigenvalue weighted by Gasteiger charge is 2.36. The molecule has 2 heterocycles. The van der Waals surface area contributed by atoms with Crippen molar-refractivity contribution in [2.45, 2.75) is 64.4 Å². The van der Waals surface area contributed by atoms with Crippen LogP contribution >= 0.6 is 0 Å². The minimum atomic E-state index is -4.39. The molecule has 5 nitrogen and oxygen atoms in total. The van der Waals surface area contributed by atoms with Gasteiger partial charge < -0.3 is 14.4 Å². The largest absolute Gasteiger partial charge is 0.444 e. The zero-order valence-electron chi connectivity index (χ0n) is 18.6. The average molecular weight is 443 g/mol. The second-order valence-electron chi connectivity index (χ2n) is 9.54. The van der Waals surface area contributed by atoms with E-state index in [9.17, 15) is 18.0 Å². The minimum Gasteiger partial charge on any atom is -0.444 e. The van der Waals surface area contributed by atoms with Crippen LogP contribution in [0.15, 0.2) is 24.3 Å². The molecule has 0 aliphatic carbocycles. The molecule has 1 aromatic carbocycles. The summed E-state index contributed by atoms with van der Waals surface area (Å²) in [6.45, 7) is 8.69. The molecule has 1 amide bonds. The summed E-state index contributed by atoms with van der Waals surface area (Å²) in [5.41, 5.74) is -0.915. The summed E-state index contributed by atoms with van der Waals surface area (Å²) < 4.78 is 51.7. The fraction of sp³-hybridized carbons (Fsp3) is 0.696. The lowest BCUT2D eigenvalue weighted by Gasteiger charge is -2.40. The lowest BCUT2D eigenvalue weighted by molar-refractivity contribution is -0.138. The van der Waals surface area contributed by atoms with Crippen LogP contribution in [0.2, 0.25) is 0 Å². The van der Waals surface area contributed by atoms with Crippen molar-refractivity contribution < 1.29 is 27.4 Å². The van der Waals surface area contributed by atoms with Crippen molar-refractivity contribution in [3.8, 4) is 0 Å². The molecule has 2 fully saturated rings. The Morgan fingerprint density at radius 3 is 2.61 bits per heavy atom. The molecule has 8 heteroatoms. The standard InChI is InChI=1S/C23H33F3N2O3/c1-22(2,3)31-21(29)27-11-6-8-19(15-27)28(13-17-10-12-30-16-17)14-18-7-4-5-9-20(18)23(24,25)26/h4-5,7,9,17,19H,6,8,10-16H2,1-3H3/t17?,19-/m0/s1. The molecule has 3 rings (SSSR count). The third kappa shape index (κ3) is 6.84. The fourth-order valence-corrected chi connectivity index (χ4v) is 4.30. The maximum Gasteiger partial charge on any atom is 0.416 e. The van der Waals surface area contributed by atoms with Gasteiger partial charge in [0, 0.05) is 38.8 Å². The first kappa shape index (κ1) is 23.9. The molecular formula is C23H33F3N2O3. The summed E-state index contributed by atoms with van der Waals surface area (Å²) in [5, 5.41) is 0. The van der Waals surface area contributed by atoms with Crippen molar-refractivity contribution in [2.24, 2.45) is 5.92 Å². The Balaban J connectivity index is 1.78. The van der Waals surface area contributed by atoms with Gasteiger partial charge in [0.1, 0.15) is 5.60 Å². The smallest absolute Gasteiger partial charge is 0.416 e. The number of rotatable bonds is 5. The van der Waals surface area contributed by atoms with E-state index >= 15 is 0 Å². The molecule has 0 saturated carbocycles. The lowest BCUT2D eigenvalue weighted by Crippen LogP contribution is -2.51. The quantitative estimate of drug-likeness (QED) is 0.648. The fourth-order valence-electron chi connectivity index (χ4n) is 4.30. The van der Waals surface area contributed by atoms with Crippen molar-refractivity contribution >= 4 is 6.09 Å². The third-order valence-corrected chi connectivity index (χ3v) is 5.78. The number of ether oxygens (including phenoxy) is 2. The molecule has 31 heavy (non-hydrogen) atoms. The minimum absolute atomic E-state index is 0.0249. The molecule has 0 spiro atoms. The normalized spacial score (nSPS) is 22.7. The predicted octanol–water partition coefficient (Wildman–Crippen LogP) is 4.94. The van der Waals surface area contributed by atoms with Gasteiger partial charge in [0.25, 0.3) is 0 Å². The van der Waals surface area contributed by atoms with Gasteiger partial charge in [-0.25, -0.2) is 4.79 Å². The van der Waals surface area contributed by atoms with Gasteiger partial charge in [0.15, 0.2) is 0 Å². The highest BCUT2D eigenvalue weighted by Crippen LogP contribution is 2.33. The molecule has 2 aliphatic rings. The molecule has 2 aliphatic heterocycles. The van der Waals surface area contributed by atoms with Gasteiger partial charge >= 0.3 is 12.3 Å². The Labute approximate surface area is 182 Å².